The number of carbonyl (C=O) groups excluding carboxylic acids is 3. The summed E-state index contributed by atoms with van der Waals surface area (Å²) in [4.78, 5) is 51.4. The molecule has 3 rings (SSSR count). The van der Waals surface area contributed by atoms with Crippen molar-refractivity contribution in [2.45, 2.75) is 0 Å². The maximum Gasteiger partial charge on any atom is 0.325 e. The lowest BCUT2D eigenvalue weighted by Crippen LogP contribution is -2.33. The van der Waals surface area contributed by atoms with Crippen molar-refractivity contribution in [1.82, 2.24) is 9.88 Å². The Bertz CT molecular complexity index is 941. The number of carboxylic acid groups (broad SMARTS) is 1. The van der Waals surface area contributed by atoms with Crippen molar-refractivity contribution in [2.75, 3.05) is 17.2 Å². The van der Waals surface area contributed by atoms with Crippen LogP contribution in [0, 0.1) is 0 Å². The highest BCUT2D eigenvalue weighted by Crippen LogP contribution is 2.32. The molecule has 0 bridgehead atoms. The number of imide groups is 1. The van der Waals surface area contributed by atoms with Crippen LogP contribution in [-0.2, 0) is 9.59 Å². The van der Waals surface area contributed by atoms with E-state index >= 15 is 0 Å². The maximum absolute atomic E-state index is 12.1. The summed E-state index contributed by atoms with van der Waals surface area (Å²) in [7, 11) is 0. The number of urea groups is 1. The number of benzene rings is 1. The lowest BCUT2D eigenvalue weighted by atomic mass is 10.3. The standard InChI is InChI=1S/C16H12N4O5S2/c21-12(22)7-20-13(23)11(27-16(20)25)6-10-8-26-15(18-10)19-14(24)17-9-4-2-1-3-5-9/h1-6,8H,7H2,(H,21,22)(H2,17,18,19,24)/b11-6+. The Kier molecular flexibility index (Phi) is 5.52. The number of para-hydroxylation sites is 1. The summed E-state index contributed by atoms with van der Waals surface area (Å²) < 4.78 is 0. The molecule has 0 radical (unpaired) electrons. The average molecular weight is 404 g/mol. The first-order valence-electron chi connectivity index (χ1n) is 7.48. The second kappa shape index (κ2) is 8.01. The Morgan fingerprint density at radius 2 is 1.93 bits per heavy atom. The average Bonchev–Trinajstić information content (AvgIpc) is 3.15. The summed E-state index contributed by atoms with van der Waals surface area (Å²) in [6.07, 6.45) is 1.38. The first kappa shape index (κ1) is 18.6. The quantitative estimate of drug-likeness (QED) is 0.654. The number of nitrogens with one attached hydrogen (secondary N) is 2. The van der Waals surface area contributed by atoms with Crippen LogP contribution in [0.2, 0.25) is 0 Å². The van der Waals surface area contributed by atoms with Crippen molar-refractivity contribution in [3.63, 3.8) is 0 Å². The number of carboxylic acids is 1. The predicted molar refractivity (Wildman–Crippen MR) is 102 cm³/mol. The Morgan fingerprint density at radius 1 is 1.19 bits per heavy atom. The third-order valence-electron chi connectivity index (χ3n) is 3.22. The SMILES string of the molecule is O=C(O)CN1C(=O)S/C(=C/c2csc(NC(=O)Nc3ccccc3)n2)C1=O. The second-order valence-corrected chi connectivity index (χ2v) is 7.04. The van der Waals surface area contributed by atoms with Gasteiger partial charge >= 0.3 is 12.0 Å². The zero-order valence-corrected chi connectivity index (χ0v) is 15.2. The molecular formula is C16H12N4O5S2. The van der Waals surface area contributed by atoms with Gasteiger partial charge in [0.1, 0.15) is 6.54 Å². The zero-order valence-electron chi connectivity index (χ0n) is 13.5. The smallest absolute Gasteiger partial charge is 0.325 e. The van der Waals surface area contributed by atoms with E-state index in [9.17, 15) is 19.2 Å². The highest BCUT2D eigenvalue weighted by Gasteiger charge is 2.36. The van der Waals surface area contributed by atoms with Crippen molar-refractivity contribution in [1.29, 1.82) is 0 Å². The number of amides is 4. The predicted octanol–water partition coefficient (Wildman–Crippen LogP) is 2.91. The number of carbonyl (C=O) groups is 4. The van der Waals surface area contributed by atoms with Crippen molar-refractivity contribution in [3.05, 3.63) is 46.3 Å². The highest BCUT2D eigenvalue weighted by molar-refractivity contribution is 8.18. The second-order valence-electron chi connectivity index (χ2n) is 5.18. The van der Waals surface area contributed by atoms with Crippen LogP contribution < -0.4 is 10.6 Å². The minimum Gasteiger partial charge on any atom is -0.480 e. The van der Waals surface area contributed by atoms with E-state index in [4.69, 9.17) is 5.11 Å². The minimum absolute atomic E-state index is 0.0758. The molecule has 0 atom stereocenters. The molecule has 0 saturated carbocycles. The van der Waals surface area contributed by atoms with E-state index in [-0.39, 0.29) is 4.91 Å². The monoisotopic (exact) mass is 404 g/mol. The lowest BCUT2D eigenvalue weighted by molar-refractivity contribution is -0.140. The molecule has 2 aromatic rings. The van der Waals surface area contributed by atoms with Gasteiger partial charge in [-0.25, -0.2) is 9.78 Å². The molecule has 138 valence electrons. The van der Waals surface area contributed by atoms with Gasteiger partial charge in [0.05, 0.1) is 10.6 Å². The number of aliphatic carboxylic acids is 1. The fourth-order valence-corrected chi connectivity index (χ4v) is 3.58. The number of hydrogen-bond acceptors (Lipinski definition) is 7. The van der Waals surface area contributed by atoms with Gasteiger partial charge in [-0.1, -0.05) is 18.2 Å². The maximum atomic E-state index is 12.1. The van der Waals surface area contributed by atoms with E-state index < -0.39 is 29.7 Å². The van der Waals surface area contributed by atoms with Crippen LogP contribution in [0.5, 0.6) is 0 Å². The molecule has 1 aliphatic heterocycles. The van der Waals surface area contributed by atoms with Crippen LogP contribution in [0.25, 0.3) is 6.08 Å². The van der Waals surface area contributed by atoms with Gasteiger partial charge in [-0.3, -0.25) is 24.6 Å². The summed E-state index contributed by atoms with van der Waals surface area (Å²) in [6, 6.07) is 8.40. The molecule has 27 heavy (non-hydrogen) atoms. The fourth-order valence-electron chi connectivity index (χ4n) is 2.10. The summed E-state index contributed by atoms with van der Waals surface area (Å²) in [5.74, 6) is -1.96. The molecule has 9 nitrogen and oxygen atoms in total. The van der Waals surface area contributed by atoms with Crippen molar-refractivity contribution in [2.24, 2.45) is 0 Å². The molecular weight excluding hydrogens is 392 g/mol. The molecule has 1 fully saturated rings. The van der Waals surface area contributed by atoms with E-state index in [0.29, 0.717) is 33.2 Å². The van der Waals surface area contributed by atoms with E-state index in [1.165, 1.54) is 6.08 Å². The zero-order chi connectivity index (χ0) is 19.4. The Hall–Kier alpha value is -3.18. The van der Waals surface area contributed by atoms with Gasteiger partial charge in [-0.05, 0) is 30.0 Å². The number of hydrogen-bond donors (Lipinski definition) is 3. The van der Waals surface area contributed by atoms with Crippen LogP contribution in [0.1, 0.15) is 5.69 Å². The van der Waals surface area contributed by atoms with Gasteiger partial charge in [0, 0.05) is 11.1 Å². The Balaban J connectivity index is 1.65. The fraction of sp³-hybridized carbons (Fsp3) is 0.0625. The molecule has 1 saturated heterocycles. The molecule has 0 spiro atoms. The van der Waals surface area contributed by atoms with Crippen LogP contribution in [0.15, 0.2) is 40.6 Å². The van der Waals surface area contributed by atoms with E-state index in [1.807, 2.05) is 6.07 Å². The first-order chi connectivity index (χ1) is 12.9. The van der Waals surface area contributed by atoms with Gasteiger partial charge in [0.15, 0.2) is 5.13 Å². The van der Waals surface area contributed by atoms with E-state index in [1.54, 1.807) is 29.6 Å². The van der Waals surface area contributed by atoms with E-state index in [0.717, 1.165) is 11.3 Å². The highest BCUT2D eigenvalue weighted by atomic mass is 32.2. The Morgan fingerprint density at radius 3 is 2.63 bits per heavy atom. The number of rotatable bonds is 5. The summed E-state index contributed by atoms with van der Waals surface area (Å²) in [5.41, 5.74) is 0.995. The van der Waals surface area contributed by atoms with E-state index in [2.05, 4.69) is 15.6 Å². The molecule has 1 aliphatic rings. The molecule has 0 unspecified atom stereocenters. The number of aromatic nitrogens is 1. The first-order valence-corrected chi connectivity index (χ1v) is 9.18. The van der Waals surface area contributed by atoms with Crippen LogP contribution in [-0.4, -0.2) is 44.7 Å². The molecule has 4 amide bonds. The van der Waals surface area contributed by atoms with Gasteiger partial charge < -0.3 is 10.4 Å². The van der Waals surface area contributed by atoms with Gasteiger partial charge in [-0.15, -0.1) is 11.3 Å². The lowest BCUT2D eigenvalue weighted by Gasteiger charge is -2.07. The largest absolute Gasteiger partial charge is 0.480 e. The number of thioether (sulfide) groups is 1. The molecule has 2 heterocycles. The molecule has 11 heteroatoms. The van der Waals surface area contributed by atoms with Gasteiger partial charge in [-0.2, -0.15) is 0 Å². The molecule has 3 N–H and O–H groups in total. The summed E-state index contributed by atoms with van der Waals surface area (Å²) >= 11 is 1.79. The van der Waals surface area contributed by atoms with Crippen molar-refractivity contribution >= 4 is 63.1 Å². The summed E-state index contributed by atoms with van der Waals surface area (Å²) in [6.45, 7) is -0.689. The third-order valence-corrected chi connectivity index (χ3v) is 4.90. The van der Waals surface area contributed by atoms with Crippen LogP contribution >= 0.6 is 23.1 Å². The third kappa shape index (κ3) is 4.71. The number of anilines is 2. The van der Waals surface area contributed by atoms with Gasteiger partial charge in [0.25, 0.3) is 11.1 Å². The molecule has 0 aliphatic carbocycles. The minimum atomic E-state index is -1.27. The molecule has 1 aromatic heterocycles. The number of nitrogens with zero attached hydrogens (tertiary/aromatic N) is 2. The summed E-state index contributed by atoms with van der Waals surface area (Å²) in [5, 5.41) is 15.2. The van der Waals surface area contributed by atoms with Gasteiger partial charge in [0.2, 0.25) is 0 Å². The van der Waals surface area contributed by atoms with Crippen molar-refractivity contribution < 1.29 is 24.3 Å². The van der Waals surface area contributed by atoms with Crippen molar-refractivity contribution in [3.8, 4) is 0 Å². The van der Waals surface area contributed by atoms with Crippen LogP contribution in [0.3, 0.4) is 0 Å². The Labute approximate surface area is 161 Å². The topological polar surface area (TPSA) is 129 Å². The normalized spacial score (nSPS) is 15.3. The number of thiazole rings is 1. The molecule has 1 aromatic carbocycles. The van der Waals surface area contributed by atoms with Crippen LogP contribution in [0.4, 0.5) is 20.4 Å².